The standard InChI is InChI=1S/C17H28N2O6/c1-2-3-4-5-6-7-10-24-11-12-14(21)15(22)16(25-12)19-9-8-13(20)18-17(19)23/h8-9,12,14-16,21-22H,2-7,10-11H2,1H3,(H,18,20,23). The third kappa shape index (κ3) is 5.50. The molecule has 4 atom stereocenters. The van der Waals surface area contributed by atoms with Gasteiger partial charge in [-0.2, -0.15) is 0 Å². The Balaban J connectivity index is 1.78. The fourth-order valence-electron chi connectivity index (χ4n) is 2.91. The Bertz CT molecular complexity index is 628. The fourth-order valence-corrected chi connectivity index (χ4v) is 2.91. The van der Waals surface area contributed by atoms with Crippen LogP contribution in [0.5, 0.6) is 0 Å². The van der Waals surface area contributed by atoms with Crippen LogP contribution in [0.2, 0.25) is 0 Å². The molecule has 1 fully saturated rings. The fraction of sp³-hybridized carbons (Fsp3) is 0.765. The first-order chi connectivity index (χ1) is 12.0. The van der Waals surface area contributed by atoms with Gasteiger partial charge in [-0.25, -0.2) is 4.79 Å². The zero-order valence-electron chi connectivity index (χ0n) is 14.6. The maximum absolute atomic E-state index is 11.8. The molecule has 1 aromatic heterocycles. The van der Waals surface area contributed by atoms with Crippen LogP contribution in [0.15, 0.2) is 21.9 Å². The molecule has 8 nitrogen and oxygen atoms in total. The summed E-state index contributed by atoms with van der Waals surface area (Å²) in [5.74, 6) is 0. The Morgan fingerprint density at radius 3 is 2.60 bits per heavy atom. The van der Waals surface area contributed by atoms with E-state index in [1.54, 1.807) is 0 Å². The van der Waals surface area contributed by atoms with Crippen LogP contribution in [-0.2, 0) is 9.47 Å². The predicted molar refractivity (Wildman–Crippen MR) is 91.4 cm³/mol. The minimum Gasteiger partial charge on any atom is -0.387 e. The summed E-state index contributed by atoms with van der Waals surface area (Å²) >= 11 is 0. The number of H-pyrrole nitrogens is 1. The quantitative estimate of drug-likeness (QED) is 0.527. The van der Waals surface area contributed by atoms with Crippen LogP contribution in [0.1, 0.15) is 51.7 Å². The molecule has 0 aromatic carbocycles. The van der Waals surface area contributed by atoms with Crippen LogP contribution in [0.3, 0.4) is 0 Å². The van der Waals surface area contributed by atoms with Gasteiger partial charge in [0, 0.05) is 18.9 Å². The highest BCUT2D eigenvalue weighted by Crippen LogP contribution is 2.28. The summed E-state index contributed by atoms with van der Waals surface area (Å²) in [6, 6.07) is 1.16. The second-order valence-corrected chi connectivity index (χ2v) is 6.41. The van der Waals surface area contributed by atoms with Crippen molar-refractivity contribution in [2.75, 3.05) is 13.2 Å². The molecular weight excluding hydrogens is 328 g/mol. The van der Waals surface area contributed by atoms with Gasteiger partial charge in [0.25, 0.3) is 5.56 Å². The van der Waals surface area contributed by atoms with E-state index in [4.69, 9.17) is 9.47 Å². The molecule has 0 spiro atoms. The molecule has 8 heteroatoms. The van der Waals surface area contributed by atoms with Crippen molar-refractivity contribution in [1.82, 2.24) is 9.55 Å². The topological polar surface area (TPSA) is 114 Å². The van der Waals surface area contributed by atoms with Crippen LogP contribution >= 0.6 is 0 Å². The molecule has 0 aliphatic carbocycles. The number of nitrogens with zero attached hydrogens (tertiary/aromatic N) is 1. The normalized spacial score (nSPS) is 26.2. The summed E-state index contributed by atoms with van der Waals surface area (Å²) in [5, 5.41) is 20.2. The van der Waals surface area contributed by atoms with E-state index in [1.807, 2.05) is 0 Å². The number of ether oxygens (including phenoxy) is 2. The van der Waals surface area contributed by atoms with Crippen LogP contribution in [0.4, 0.5) is 0 Å². The average Bonchev–Trinajstić information content (AvgIpc) is 2.86. The molecule has 0 saturated carbocycles. The van der Waals surface area contributed by atoms with Gasteiger partial charge in [-0.3, -0.25) is 14.3 Å². The first-order valence-electron chi connectivity index (χ1n) is 8.95. The molecule has 1 aliphatic heterocycles. The van der Waals surface area contributed by atoms with E-state index in [9.17, 15) is 19.8 Å². The Labute approximate surface area is 146 Å². The number of aliphatic hydroxyl groups is 2. The van der Waals surface area contributed by atoms with Gasteiger partial charge in [0.05, 0.1) is 6.61 Å². The lowest BCUT2D eigenvalue weighted by Gasteiger charge is -2.16. The van der Waals surface area contributed by atoms with Crippen molar-refractivity contribution in [2.24, 2.45) is 0 Å². The number of nitrogens with one attached hydrogen (secondary N) is 1. The van der Waals surface area contributed by atoms with Gasteiger partial charge in [-0.05, 0) is 6.42 Å². The van der Waals surface area contributed by atoms with Crippen LogP contribution < -0.4 is 11.2 Å². The molecule has 142 valence electrons. The lowest BCUT2D eigenvalue weighted by atomic mass is 10.1. The van der Waals surface area contributed by atoms with Crippen LogP contribution in [0, 0.1) is 0 Å². The third-order valence-corrected chi connectivity index (χ3v) is 4.39. The van der Waals surface area contributed by atoms with Crippen molar-refractivity contribution in [3.63, 3.8) is 0 Å². The summed E-state index contributed by atoms with van der Waals surface area (Å²) in [4.78, 5) is 25.0. The Morgan fingerprint density at radius 2 is 1.88 bits per heavy atom. The zero-order valence-corrected chi connectivity index (χ0v) is 14.6. The highest BCUT2D eigenvalue weighted by molar-refractivity contribution is 4.93. The number of hydrogen-bond acceptors (Lipinski definition) is 6. The number of rotatable bonds is 10. The molecule has 1 aliphatic rings. The summed E-state index contributed by atoms with van der Waals surface area (Å²) < 4.78 is 12.2. The lowest BCUT2D eigenvalue weighted by Crippen LogP contribution is -2.37. The molecule has 2 rings (SSSR count). The first-order valence-corrected chi connectivity index (χ1v) is 8.95. The predicted octanol–water partition coefficient (Wildman–Crippen LogP) is 0.533. The summed E-state index contributed by atoms with van der Waals surface area (Å²) in [7, 11) is 0. The SMILES string of the molecule is CCCCCCCCOCC1OC(n2ccc(=O)[nH]c2=O)C(O)C1O. The number of hydrogen-bond donors (Lipinski definition) is 3. The molecule has 4 unspecified atom stereocenters. The van der Waals surface area contributed by atoms with Gasteiger partial charge < -0.3 is 19.7 Å². The van der Waals surface area contributed by atoms with E-state index in [0.29, 0.717) is 6.61 Å². The maximum Gasteiger partial charge on any atom is 0.330 e. The third-order valence-electron chi connectivity index (χ3n) is 4.39. The smallest absolute Gasteiger partial charge is 0.330 e. The van der Waals surface area contributed by atoms with E-state index in [-0.39, 0.29) is 6.61 Å². The molecule has 0 radical (unpaired) electrons. The van der Waals surface area contributed by atoms with E-state index in [2.05, 4.69) is 11.9 Å². The number of aromatic nitrogens is 2. The number of aliphatic hydroxyl groups excluding tert-OH is 2. The van der Waals surface area contributed by atoms with Gasteiger partial charge >= 0.3 is 5.69 Å². The summed E-state index contributed by atoms with van der Waals surface area (Å²) in [5.41, 5.74) is -1.23. The van der Waals surface area contributed by atoms with Gasteiger partial charge in [0.2, 0.25) is 0 Å². The second-order valence-electron chi connectivity index (χ2n) is 6.41. The minimum absolute atomic E-state index is 0.141. The lowest BCUT2D eigenvalue weighted by molar-refractivity contribution is -0.0686. The minimum atomic E-state index is -1.27. The van der Waals surface area contributed by atoms with E-state index >= 15 is 0 Å². The Hall–Kier alpha value is -1.48. The second kappa shape index (κ2) is 9.86. The van der Waals surface area contributed by atoms with Crippen LogP contribution in [-0.4, -0.2) is 51.3 Å². The molecule has 0 bridgehead atoms. The van der Waals surface area contributed by atoms with Crippen molar-refractivity contribution >= 4 is 0 Å². The molecule has 2 heterocycles. The van der Waals surface area contributed by atoms with Gasteiger partial charge in [0.15, 0.2) is 6.23 Å². The number of unbranched alkanes of at least 4 members (excludes halogenated alkanes) is 5. The van der Waals surface area contributed by atoms with E-state index < -0.39 is 35.8 Å². The van der Waals surface area contributed by atoms with Gasteiger partial charge in [0.1, 0.15) is 18.3 Å². The Kier molecular flexibility index (Phi) is 7.83. The Morgan fingerprint density at radius 1 is 1.16 bits per heavy atom. The van der Waals surface area contributed by atoms with Crippen molar-refractivity contribution in [2.45, 2.75) is 70.0 Å². The van der Waals surface area contributed by atoms with E-state index in [0.717, 1.165) is 23.5 Å². The highest BCUT2D eigenvalue weighted by Gasteiger charge is 2.44. The molecule has 3 N–H and O–H groups in total. The molecular formula is C17H28N2O6. The maximum atomic E-state index is 11.8. The first kappa shape index (κ1) is 19.8. The number of aromatic amines is 1. The molecule has 0 amide bonds. The largest absolute Gasteiger partial charge is 0.387 e. The summed E-state index contributed by atoms with van der Waals surface area (Å²) in [6.45, 7) is 2.89. The molecule has 1 aromatic rings. The average molecular weight is 356 g/mol. The van der Waals surface area contributed by atoms with Crippen molar-refractivity contribution < 1.29 is 19.7 Å². The van der Waals surface area contributed by atoms with Crippen LogP contribution in [0.25, 0.3) is 0 Å². The summed E-state index contributed by atoms with van der Waals surface area (Å²) in [6.07, 6.45) is 3.98. The van der Waals surface area contributed by atoms with Crippen molar-refractivity contribution in [3.05, 3.63) is 33.1 Å². The van der Waals surface area contributed by atoms with Crippen molar-refractivity contribution in [3.8, 4) is 0 Å². The monoisotopic (exact) mass is 356 g/mol. The van der Waals surface area contributed by atoms with E-state index in [1.165, 1.54) is 31.9 Å². The van der Waals surface area contributed by atoms with Crippen molar-refractivity contribution in [1.29, 1.82) is 0 Å². The zero-order chi connectivity index (χ0) is 18.2. The highest BCUT2D eigenvalue weighted by atomic mass is 16.6. The van der Waals surface area contributed by atoms with Gasteiger partial charge in [-0.1, -0.05) is 39.0 Å². The van der Waals surface area contributed by atoms with Gasteiger partial charge in [-0.15, -0.1) is 0 Å². The molecule has 1 saturated heterocycles. The molecule has 25 heavy (non-hydrogen) atoms.